The molecule has 9 heavy (non-hydrogen) atoms. The number of halogens is 3. The molecule has 0 N–H and O–H groups in total. The Bertz CT molecular complexity index is 71.6. The zero-order valence-corrected chi connectivity index (χ0v) is 8.43. The Balaban J connectivity index is 3.06. The van der Waals surface area contributed by atoms with E-state index in [1.165, 1.54) is 11.8 Å². The first kappa shape index (κ1) is 10.3. The van der Waals surface area contributed by atoms with Gasteiger partial charge >= 0.3 is 0 Å². The summed E-state index contributed by atoms with van der Waals surface area (Å²) in [5.74, 6) is 0.576. The van der Waals surface area contributed by atoms with Gasteiger partial charge in [-0.05, 0) is 0 Å². The Morgan fingerprint density at radius 3 is 2.44 bits per heavy atom. The predicted octanol–water partition coefficient (Wildman–Crippen LogP) is 2.68. The zero-order valence-electron chi connectivity index (χ0n) is 4.56. The summed E-state index contributed by atoms with van der Waals surface area (Å²) in [4.78, 5) is 0. The van der Waals surface area contributed by atoms with Crippen molar-refractivity contribution in [1.29, 1.82) is 0 Å². The lowest BCUT2D eigenvalue weighted by Crippen LogP contribution is -2.00. The highest BCUT2D eigenvalue weighted by molar-refractivity contribution is 14.1. The molecule has 1 atom stereocenters. The fraction of sp³-hybridized carbons (Fsp3) is 1.00. The van der Waals surface area contributed by atoms with E-state index in [2.05, 4.69) is 35.2 Å². The average molecular weight is 284 g/mol. The number of thiol groups is 1. The van der Waals surface area contributed by atoms with Crippen molar-refractivity contribution in [2.75, 3.05) is 11.5 Å². The Kier molecular flexibility index (Phi) is 6.89. The van der Waals surface area contributed by atoms with Gasteiger partial charge in [0.05, 0.1) is 9.01 Å². The van der Waals surface area contributed by atoms with Gasteiger partial charge in [-0.15, -0.1) is 11.8 Å². The van der Waals surface area contributed by atoms with Crippen molar-refractivity contribution in [3.63, 3.8) is 0 Å². The van der Waals surface area contributed by atoms with Gasteiger partial charge in [-0.2, -0.15) is 12.6 Å². The van der Waals surface area contributed by atoms with E-state index in [0.717, 1.165) is 0 Å². The number of hydrogen-bond acceptors (Lipinski definition) is 2. The average Bonchev–Trinajstić information content (AvgIpc) is 1.83. The summed E-state index contributed by atoms with van der Waals surface area (Å²) in [5, 5.41) is 0. The van der Waals surface area contributed by atoms with Crippen LogP contribution in [0.1, 0.15) is 0 Å². The first-order valence-corrected chi connectivity index (χ1v) is 5.24. The second-order valence-corrected chi connectivity index (χ2v) is 5.27. The van der Waals surface area contributed by atoms with Crippen molar-refractivity contribution in [3.8, 4) is 0 Å². The van der Waals surface area contributed by atoms with Crippen LogP contribution in [0.5, 0.6) is 0 Å². The van der Waals surface area contributed by atoms with Crippen LogP contribution in [-0.2, 0) is 0 Å². The third-order valence-corrected chi connectivity index (χ3v) is 4.35. The standard InChI is InChI=1S/C4H7F2IS2/c5-3(6)2-9-4(7)1-8/h3-4,8H,1-2H2. The molecule has 0 aliphatic rings. The second kappa shape index (κ2) is 6.03. The van der Waals surface area contributed by atoms with Crippen LogP contribution < -0.4 is 0 Å². The molecule has 0 fully saturated rings. The lowest BCUT2D eigenvalue weighted by Gasteiger charge is -2.03. The molecule has 0 bridgehead atoms. The van der Waals surface area contributed by atoms with Crippen LogP contribution in [0.25, 0.3) is 0 Å². The van der Waals surface area contributed by atoms with Gasteiger partial charge in [0.2, 0.25) is 6.43 Å². The molecule has 0 amide bonds. The SMILES string of the molecule is FC(F)CSC(I)CS. The van der Waals surface area contributed by atoms with E-state index in [1.54, 1.807) is 0 Å². The van der Waals surface area contributed by atoms with Gasteiger partial charge in [-0.3, -0.25) is 0 Å². The summed E-state index contributed by atoms with van der Waals surface area (Å²) in [6.07, 6.45) is -2.19. The molecule has 0 saturated carbocycles. The molecule has 0 nitrogen and oxygen atoms in total. The topological polar surface area (TPSA) is 0 Å². The molecule has 0 spiro atoms. The first-order valence-electron chi connectivity index (χ1n) is 2.31. The fourth-order valence-electron chi connectivity index (χ4n) is 0.230. The molecule has 0 aliphatic carbocycles. The van der Waals surface area contributed by atoms with Gasteiger partial charge in [-0.1, -0.05) is 22.6 Å². The molecule has 0 aromatic carbocycles. The summed E-state index contributed by atoms with van der Waals surface area (Å²) in [5.41, 5.74) is 0. The smallest absolute Gasteiger partial charge is 0.210 e. The normalized spacial score (nSPS) is 14.3. The fourth-order valence-corrected chi connectivity index (χ4v) is 1.63. The highest BCUT2D eigenvalue weighted by Crippen LogP contribution is 2.20. The molecule has 0 aromatic rings. The Morgan fingerprint density at radius 1 is 1.56 bits per heavy atom. The highest BCUT2D eigenvalue weighted by Gasteiger charge is 2.06. The lowest BCUT2D eigenvalue weighted by atomic mass is 10.9. The van der Waals surface area contributed by atoms with E-state index in [4.69, 9.17) is 0 Å². The van der Waals surface area contributed by atoms with Crippen molar-refractivity contribution in [3.05, 3.63) is 0 Å². The largest absolute Gasteiger partial charge is 0.247 e. The summed E-state index contributed by atoms with van der Waals surface area (Å²) < 4.78 is 23.2. The Morgan fingerprint density at radius 2 is 2.11 bits per heavy atom. The Labute approximate surface area is 76.7 Å². The molecule has 0 aliphatic heterocycles. The molecule has 1 unspecified atom stereocenters. The maximum absolute atomic E-state index is 11.5. The number of hydrogen-bond donors (Lipinski definition) is 1. The van der Waals surface area contributed by atoms with Crippen LogP contribution in [0.3, 0.4) is 0 Å². The summed E-state index contributed by atoms with van der Waals surface area (Å²) in [6.45, 7) is 0. The molecule has 0 heterocycles. The van der Waals surface area contributed by atoms with Gasteiger partial charge in [0.15, 0.2) is 0 Å². The van der Waals surface area contributed by atoms with Crippen LogP contribution in [0.4, 0.5) is 8.78 Å². The molecular weight excluding hydrogens is 277 g/mol. The van der Waals surface area contributed by atoms with Crippen molar-refractivity contribution in [2.45, 2.75) is 9.68 Å². The van der Waals surface area contributed by atoms with E-state index in [0.29, 0.717) is 5.75 Å². The van der Waals surface area contributed by atoms with Crippen molar-refractivity contribution in [1.82, 2.24) is 0 Å². The van der Waals surface area contributed by atoms with E-state index < -0.39 is 6.43 Å². The maximum atomic E-state index is 11.5. The van der Waals surface area contributed by atoms with Crippen LogP contribution in [0.2, 0.25) is 0 Å². The molecular formula is C4H7F2IS2. The number of rotatable bonds is 4. The quantitative estimate of drug-likeness (QED) is 0.470. The van der Waals surface area contributed by atoms with Crippen molar-refractivity contribution in [2.24, 2.45) is 0 Å². The lowest BCUT2D eigenvalue weighted by molar-refractivity contribution is 0.177. The van der Waals surface area contributed by atoms with E-state index >= 15 is 0 Å². The van der Waals surface area contributed by atoms with E-state index in [9.17, 15) is 8.78 Å². The summed E-state index contributed by atoms with van der Waals surface area (Å²) in [6, 6.07) is 0. The number of thioether (sulfide) groups is 1. The molecule has 0 saturated heterocycles. The Hall–Kier alpha value is 1.29. The van der Waals surface area contributed by atoms with Gasteiger partial charge in [-0.25, -0.2) is 8.78 Å². The minimum absolute atomic E-state index is 0.0752. The van der Waals surface area contributed by atoms with Crippen molar-refractivity contribution >= 4 is 47.0 Å². The summed E-state index contributed by atoms with van der Waals surface area (Å²) in [7, 11) is 0. The highest BCUT2D eigenvalue weighted by atomic mass is 127. The van der Waals surface area contributed by atoms with Gasteiger partial charge in [0, 0.05) is 5.75 Å². The predicted molar refractivity (Wildman–Crippen MR) is 50.1 cm³/mol. The minimum atomic E-state index is -2.19. The monoisotopic (exact) mass is 284 g/mol. The maximum Gasteiger partial charge on any atom is 0.247 e. The van der Waals surface area contributed by atoms with Crippen LogP contribution in [0, 0.1) is 0 Å². The first-order chi connectivity index (χ1) is 4.16. The van der Waals surface area contributed by atoms with E-state index in [-0.39, 0.29) is 9.01 Å². The van der Waals surface area contributed by atoms with E-state index in [1.807, 2.05) is 0 Å². The molecule has 0 aromatic heterocycles. The third kappa shape index (κ3) is 7.18. The minimum Gasteiger partial charge on any atom is -0.210 e. The van der Waals surface area contributed by atoms with Crippen LogP contribution >= 0.6 is 47.0 Å². The molecule has 56 valence electrons. The second-order valence-electron chi connectivity index (χ2n) is 1.32. The van der Waals surface area contributed by atoms with Crippen LogP contribution in [0.15, 0.2) is 0 Å². The molecule has 0 radical (unpaired) electrons. The molecule has 0 rings (SSSR count). The van der Waals surface area contributed by atoms with Gasteiger partial charge in [0.1, 0.15) is 0 Å². The number of alkyl halides is 3. The summed E-state index contributed by atoms with van der Waals surface area (Å²) >= 11 is 7.28. The zero-order chi connectivity index (χ0) is 7.28. The van der Waals surface area contributed by atoms with Gasteiger partial charge in [0.25, 0.3) is 0 Å². The molecule has 5 heteroatoms. The van der Waals surface area contributed by atoms with Crippen LogP contribution in [-0.4, -0.2) is 21.2 Å². The van der Waals surface area contributed by atoms with Gasteiger partial charge < -0.3 is 0 Å². The third-order valence-electron chi connectivity index (χ3n) is 0.547. The van der Waals surface area contributed by atoms with Crippen molar-refractivity contribution < 1.29 is 8.78 Å².